The Morgan fingerprint density at radius 3 is 2.86 bits per heavy atom. The molecular formula is C24H29N7O4. The van der Waals surface area contributed by atoms with Gasteiger partial charge in [-0.05, 0) is 56.5 Å². The zero-order chi connectivity index (χ0) is 24.8. The Hall–Kier alpha value is -3.99. The van der Waals surface area contributed by atoms with Crippen LogP contribution >= 0.6 is 0 Å². The first-order valence-electron chi connectivity index (χ1n) is 11.6. The molecule has 184 valence electrons. The van der Waals surface area contributed by atoms with Gasteiger partial charge in [0.1, 0.15) is 5.82 Å². The van der Waals surface area contributed by atoms with Crippen LogP contribution in [-0.4, -0.2) is 61.4 Å². The second kappa shape index (κ2) is 11.0. The number of amides is 2. The van der Waals surface area contributed by atoms with Gasteiger partial charge in [-0.2, -0.15) is 0 Å². The fourth-order valence-corrected chi connectivity index (χ4v) is 4.60. The average molecular weight is 480 g/mol. The van der Waals surface area contributed by atoms with Gasteiger partial charge in [-0.25, -0.2) is 14.6 Å². The van der Waals surface area contributed by atoms with Crippen molar-refractivity contribution in [3.8, 4) is 0 Å². The van der Waals surface area contributed by atoms with E-state index in [0.29, 0.717) is 26.1 Å². The number of fused-ring (bicyclic) bond motifs is 2. The van der Waals surface area contributed by atoms with Crippen LogP contribution in [0, 0.1) is 0 Å². The molecule has 1 aliphatic rings. The first-order valence-corrected chi connectivity index (χ1v) is 11.6. The molecule has 2 amide bonds. The molecule has 4 N–H and O–H groups in total. The van der Waals surface area contributed by atoms with Gasteiger partial charge in [0.2, 0.25) is 5.96 Å². The molecule has 35 heavy (non-hydrogen) atoms. The van der Waals surface area contributed by atoms with Gasteiger partial charge in [0.25, 0.3) is 0 Å². The van der Waals surface area contributed by atoms with Crippen molar-refractivity contribution in [3.05, 3.63) is 59.7 Å². The van der Waals surface area contributed by atoms with Crippen LogP contribution in [0.4, 0.5) is 9.59 Å². The third-order valence-corrected chi connectivity index (χ3v) is 6.11. The highest BCUT2D eigenvalue weighted by atomic mass is 16.4. The van der Waals surface area contributed by atoms with E-state index in [1.54, 1.807) is 0 Å². The standard InChI is InChI=1S/C24H29N7O4/c1-30(19-11-4-7-16-8-5-12-25-21(16)19)15-20-27-17-9-2-3-10-18(17)31(20)14-6-13-26-22(28-23(32)33)29-24(34)35/h2-3,5,8-10,12,19H,4,6-7,11,13-15H2,1H3,(H,32,33)(H,34,35)(H2,26,28,29). The molecule has 1 unspecified atom stereocenters. The van der Waals surface area contributed by atoms with Gasteiger partial charge in [-0.3, -0.25) is 15.2 Å². The molecule has 4 rings (SSSR count). The number of aryl methyl sites for hydroxylation is 2. The van der Waals surface area contributed by atoms with Crippen molar-refractivity contribution >= 4 is 29.2 Å². The van der Waals surface area contributed by atoms with E-state index in [1.807, 2.05) is 41.8 Å². The summed E-state index contributed by atoms with van der Waals surface area (Å²) in [6, 6.07) is 12.3. The highest BCUT2D eigenvalue weighted by molar-refractivity contribution is 5.97. The minimum absolute atomic E-state index is 0.228. The zero-order valence-corrected chi connectivity index (χ0v) is 19.5. The number of nitrogens with zero attached hydrogens (tertiary/aromatic N) is 5. The van der Waals surface area contributed by atoms with E-state index >= 15 is 0 Å². The van der Waals surface area contributed by atoms with Crippen LogP contribution in [-0.2, 0) is 19.5 Å². The number of aromatic nitrogens is 3. The number of imidazole rings is 1. The van der Waals surface area contributed by atoms with E-state index in [2.05, 4.69) is 37.9 Å². The molecule has 0 saturated carbocycles. The number of guanidine groups is 1. The number of nitrogens with one attached hydrogen (secondary N) is 2. The van der Waals surface area contributed by atoms with Gasteiger partial charge in [-0.1, -0.05) is 18.2 Å². The Labute approximate surface area is 202 Å². The fraction of sp³-hybridized carbons (Fsp3) is 0.375. The SMILES string of the molecule is CN(Cc1nc2ccccc2n1CCCNC(=NC(=O)O)NC(=O)O)C1CCCc2cccnc21. The molecule has 0 fully saturated rings. The lowest BCUT2D eigenvalue weighted by Gasteiger charge is -2.32. The number of hydrogen-bond donors (Lipinski definition) is 4. The summed E-state index contributed by atoms with van der Waals surface area (Å²) in [6.07, 6.45) is 2.82. The van der Waals surface area contributed by atoms with Crippen LogP contribution in [0.15, 0.2) is 47.6 Å². The molecular weight excluding hydrogens is 450 g/mol. The zero-order valence-electron chi connectivity index (χ0n) is 19.5. The largest absolute Gasteiger partial charge is 0.465 e. The first-order chi connectivity index (χ1) is 16.9. The van der Waals surface area contributed by atoms with E-state index in [0.717, 1.165) is 41.8 Å². The van der Waals surface area contributed by atoms with Crippen LogP contribution in [0.25, 0.3) is 11.0 Å². The van der Waals surface area contributed by atoms with E-state index < -0.39 is 12.2 Å². The number of rotatable bonds is 7. The Kier molecular flexibility index (Phi) is 7.56. The maximum Gasteiger partial charge on any atom is 0.434 e. The normalized spacial score (nSPS) is 15.7. The summed E-state index contributed by atoms with van der Waals surface area (Å²) in [4.78, 5) is 36.8. The smallest absolute Gasteiger partial charge is 0.434 e. The molecule has 3 aromatic rings. The third-order valence-electron chi connectivity index (χ3n) is 6.11. The van der Waals surface area contributed by atoms with Crippen molar-refractivity contribution in [2.45, 2.75) is 44.8 Å². The quantitative estimate of drug-likeness (QED) is 0.230. The van der Waals surface area contributed by atoms with Crippen LogP contribution < -0.4 is 10.6 Å². The molecule has 1 aromatic carbocycles. The molecule has 2 heterocycles. The Bertz CT molecular complexity index is 1240. The van der Waals surface area contributed by atoms with Gasteiger partial charge >= 0.3 is 12.2 Å². The van der Waals surface area contributed by atoms with Crippen molar-refractivity contribution in [3.63, 3.8) is 0 Å². The maximum absolute atomic E-state index is 10.9. The van der Waals surface area contributed by atoms with E-state index in [1.165, 1.54) is 5.56 Å². The number of aliphatic imine (C=N–C) groups is 1. The predicted molar refractivity (Wildman–Crippen MR) is 130 cm³/mol. The number of carboxylic acid groups (broad SMARTS) is 2. The van der Waals surface area contributed by atoms with Gasteiger partial charge in [-0.15, -0.1) is 4.99 Å². The average Bonchev–Trinajstić information content (AvgIpc) is 3.17. The maximum atomic E-state index is 10.9. The fourth-order valence-electron chi connectivity index (χ4n) is 4.60. The Morgan fingerprint density at radius 1 is 1.23 bits per heavy atom. The summed E-state index contributed by atoms with van der Waals surface area (Å²) in [6.45, 7) is 1.59. The van der Waals surface area contributed by atoms with Gasteiger partial charge in [0, 0.05) is 19.3 Å². The molecule has 0 aliphatic heterocycles. The molecule has 0 saturated heterocycles. The van der Waals surface area contributed by atoms with Crippen molar-refractivity contribution in [1.29, 1.82) is 0 Å². The topological polar surface area (TPSA) is 145 Å². The molecule has 0 radical (unpaired) electrons. The van der Waals surface area contributed by atoms with Crippen LogP contribution in [0.2, 0.25) is 0 Å². The highest BCUT2D eigenvalue weighted by Gasteiger charge is 2.26. The predicted octanol–water partition coefficient (Wildman–Crippen LogP) is 3.22. The van der Waals surface area contributed by atoms with Crippen molar-refractivity contribution < 1.29 is 19.8 Å². The van der Waals surface area contributed by atoms with Crippen molar-refractivity contribution in [2.75, 3.05) is 13.6 Å². The monoisotopic (exact) mass is 479 g/mol. The third kappa shape index (κ3) is 5.93. The highest BCUT2D eigenvalue weighted by Crippen LogP contribution is 2.33. The van der Waals surface area contributed by atoms with Crippen LogP contribution in [0.5, 0.6) is 0 Å². The lowest BCUT2D eigenvalue weighted by Crippen LogP contribution is -2.41. The second-order valence-electron chi connectivity index (χ2n) is 8.49. The lowest BCUT2D eigenvalue weighted by molar-refractivity contribution is 0.199. The Balaban J connectivity index is 1.48. The summed E-state index contributed by atoms with van der Waals surface area (Å²) in [7, 11) is 2.10. The van der Waals surface area contributed by atoms with E-state index in [-0.39, 0.29) is 12.0 Å². The molecule has 11 nitrogen and oxygen atoms in total. The Morgan fingerprint density at radius 2 is 2.06 bits per heavy atom. The molecule has 0 bridgehead atoms. The molecule has 11 heteroatoms. The van der Waals surface area contributed by atoms with Crippen molar-refractivity contribution in [1.82, 2.24) is 30.1 Å². The number of pyridine rings is 1. The molecule has 1 aliphatic carbocycles. The lowest BCUT2D eigenvalue weighted by atomic mass is 9.91. The summed E-state index contributed by atoms with van der Waals surface area (Å²) in [5, 5.41) is 22.4. The number of benzene rings is 1. The number of hydrogen-bond acceptors (Lipinski definition) is 5. The molecule has 1 atom stereocenters. The summed E-state index contributed by atoms with van der Waals surface area (Å²) < 4.78 is 2.16. The summed E-state index contributed by atoms with van der Waals surface area (Å²) in [5.41, 5.74) is 4.38. The van der Waals surface area contributed by atoms with E-state index in [4.69, 9.17) is 15.2 Å². The minimum Gasteiger partial charge on any atom is -0.465 e. The van der Waals surface area contributed by atoms with Crippen LogP contribution in [0.1, 0.15) is 42.4 Å². The minimum atomic E-state index is -1.48. The first kappa shape index (κ1) is 24.1. The van der Waals surface area contributed by atoms with Gasteiger partial charge in [0.05, 0.1) is 29.3 Å². The molecule has 2 aromatic heterocycles. The molecule has 0 spiro atoms. The van der Waals surface area contributed by atoms with Crippen molar-refractivity contribution in [2.24, 2.45) is 4.99 Å². The summed E-state index contributed by atoms with van der Waals surface area (Å²) in [5.74, 6) is 0.615. The van der Waals surface area contributed by atoms with E-state index in [9.17, 15) is 9.59 Å². The van der Waals surface area contributed by atoms with Gasteiger partial charge in [0.15, 0.2) is 0 Å². The summed E-state index contributed by atoms with van der Waals surface area (Å²) >= 11 is 0. The number of carbonyl (C=O) groups is 2. The number of para-hydroxylation sites is 2. The van der Waals surface area contributed by atoms with Crippen LogP contribution in [0.3, 0.4) is 0 Å². The van der Waals surface area contributed by atoms with Gasteiger partial charge < -0.3 is 20.1 Å². The second-order valence-corrected chi connectivity index (χ2v) is 8.49.